The molecule has 8 heteroatoms. The van der Waals surface area contributed by atoms with E-state index in [-0.39, 0.29) is 24.8 Å². The van der Waals surface area contributed by atoms with Gasteiger partial charge in [-0.25, -0.2) is 4.39 Å². The SMILES string of the molecule is Cc1nn(C)c(C)c1C(=O)N(Cc1c(-c2ccccc2)noc1C)Cc1c[nH]c2ccc(F)cc12. The third kappa shape index (κ3) is 4.12. The van der Waals surface area contributed by atoms with E-state index in [1.54, 1.807) is 15.6 Å². The van der Waals surface area contributed by atoms with Crippen LogP contribution in [0, 0.1) is 26.6 Å². The van der Waals surface area contributed by atoms with E-state index in [1.807, 2.05) is 64.3 Å². The first-order valence-electron chi connectivity index (χ1n) is 11.4. The molecule has 1 N–H and O–H groups in total. The predicted octanol–water partition coefficient (Wildman–Crippen LogP) is 5.46. The van der Waals surface area contributed by atoms with Gasteiger partial charge in [-0.05, 0) is 44.5 Å². The molecule has 0 saturated heterocycles. The smallest absolute Gasteiger partial charge is 0.258 e. The van der Waals surface area contributed by atoms with Crippen molar-refractivity contribution in [3.05, 3.63) is 94.4 Å². The second-order valence-corrected chi connectivity index (χ2v) is 8.77. The number of carbonyl (C=O) groups excluding carboxylic acids is 1. The zero-order valence-corrected chi connectivity index (χ0v) is 20.1. The Balaban J connectivity index is 1.59. The van der Waals surface area contributed by atoms with Crippen LogP contribution >= 0.6 is 0 Å². The van der Waals surface area contributed by atoms with Crippen molar-refractivity contribution in [2.75, 3.05) is 0 Å². The molecule has 0 unspecified atom stereocenters. The van der Waals surface area contributed by atoms with Crippen LogP contribution in [0.15, 0.2) is 59.3 Å². The van der Waals surface area contributed by atoms with Gasteiger partial charge in [0.25, 0.3) is 5.91 Å². The van der Waals surface area contributed by atoms with Gasteiger partial charge in [-0.1, -0.05) is 35.5 Å². The minimum absolute atomic E-state index is 0.154. The number of aromatic nitrogens is 4. The summed E-state index contributed by atoms with van der Waals surface area (Å²) in [7, 11) is 1.82. The van der Waals surface area contributed by atoms with E-state index in [1.165, 1.54) is 12.1 Å². The Bertz CT molecular complexity index is 1530. The standard InChI is InChI=1S/C27H26FN5O2/c1-16-25(17(2)32(4)30-16)27(34)33(14-20-13-29-24-11-10-21(28)12-22(20)24)15-23-18(3)35-31-26(23)19-8-6-5-7-9-19/h5-13,29H,14-15H2,1-4H3. The van der Waals surface area contributed by atoms with Crippen molar-refractivity contribution in [3.8, 4) is 11.3 Å². The van der Waals surface area contributed by atoms with E-state index in [0.717, 1.165) is 33.3 Å². The van der Waals surface area contributed by atoms with Crippen molar-refractivity contribution in [1.82, 2.24) is 24.8 Å². The van der Waals surface area contributed by atoms with Gasteiger partial charge < -0.3 is 14.4 Å². The van der Waals surface area contributed by atoms with Crippen LogP contribution in [0.1, 0.15) is 38.6 Å². The molecule has 7 nitrogen and oxygen atoms in total. The molecule has 5 aromatic rings. The number of rotatable bonds is 6. The number of aryl methyl sites for hydroxylation is 3. The Labute approximate surface area is 202 Å². The van der Waals surface area contributed by atoms with Gasteiger partial charge in [0.05, 0.1) is 17.8 Å². The highest BCUT2D eigenvalue weighted by Crippen LogP contribution is 2.29. The molecule has 3 heterocycles. The van der Waals surface area contributed by atoms with E-state index in [4.69, 9.17) is 4.52 Å². The average molecular weight is 472 g/mol. The molecule has 1 amide bonds. The Hall–Kier alpha value is -4.20. The Morgan fingerprint density at radius 3 is 2.60 bits per heavy atom. The molecule has 0 atom stereocenters. The Kier molecular flexibility index (Phi) is 5.72. The Morgan fingerprint density at radius 2 is 1.89 bits per heavy atom. The average Bonchev–Trinajstić information content (AvgIpc) is 3.49. The first-order valence-corrected chi connectivity index (χ1v) is 11.4. The topological polar surface area (TPSA) is 79.9 Å². The summed E-state index contributed by atoms with van der Waals surface area (Å²) in [5.41, 5.74) is 6.09. The van der Waals surface area contributed by atoms with Crippen LogP contribution in [0.3, 0.4) is 0 Å². The van der Waals surface area contributed by atoms with E-state index in [2.05, 4.69) is 15.2 Å². The van der Waals surface area contributed by atoms with Crippen molar-refractivity contribution in [2.24, 2.45) is 7.05 Å². The van der Waals surface area contributed by atoms with Crippen LogP contribution in [0.5, 0.6) is 0 Å². The molecular formula is C27H26FN5O2. The van der Waals surface area contributed by atoms with Gasteiger partial charge in [0, 0.05) is 47.5 Å². The van der Waals surface area contributed by atoms with E-state index < -0.39 is 0 Å². The lowest BCUT2D eigenvalue weighted by Crippen LogP contribution is -2.31. The van der Waals surface area contributed by atoms with Crippen LogP contribution in [0.2, 0.25) is 0 Å². The molecule has 0 aliphatic rings. The van der Waals surface area contributed by atoms with Crippen molar-refractivity contribution < 1.29 is 13.7 Å². The van der Waals surface area contributed by atoms with Crippen molar-refractivity contribution in [3.63, 3.8) is 0 Å². The fraction of sp³-hybridized carbons (Fsp3) is 0.222. The quantitative estimate of drug-likeness (QED) is 0.356. The van der Waals surface area contributed by atoms with Crippen LogP contribution in [0.25, 0.3) is 22.2 Å². The molecule has 5 rings (SSSR count). The number of aromatic amines is 1. The predicted molar refractivity (Wildman–Crippen MR) is 131 cm³/mol. The number of halogens is 1. The largest absolute Gasteiger partial charge is 0.361 e. The molecule has 0 aliphatic heterocycles. The molecule has 0 saturated carbocycles. The number of amides is 1. The number of H-pyrrole nitrogens is 1. The molecule has 3 aromatic heterocycles. The number of fused-ring (bicyclic) bond motifs is 1. The van der Waals surface area contributed by atoms with Gasteiger partial charge >= 0.3 is 0 Å². The normalized spacial score (nSPS) is 11.3. The molecule has 0 bridgehead atoms. The lowest BCUT2D eigenvalue weighted by atomic mass is 10.0. The molecule has 0 radical (unpaired) electrons. The third-order valence-corrected chi connectivity index (χ3v) is 6.48. The van der Waals surface area contributed by atoms with Gasteiger partial charge in [0.15, 0.2) is 0 Å². The van der Waals surface area contributed by atoms with Gasteiger partial charge in [-0.15, -0.1) is 0 Å². The summed E-state index contributed by atoms with van der Waals surface area (Å²) in [5, 5.41) is 9.46. The van der Waals surface area contributed by atoms with Crippen LogP contribution in [-0.4, -0.2) is 30.7 Å². The first-order chi connectivity index (χ1) is 16.8. The molecule has 35 heavy (non-hydrogen) atoms. The maximum absolute atomic E-state index is 14.0. The lowest BCUT2D eigenvalue weighted by molar-refractivity contribution is 0.0729. The van der Waals surface area contributed by atoms with E-state index >= 15 is 0 Å². The number of nitrogens with one attached hydrogen (secondary N) is 1. The molecular weight excluding hydrogens is 445 g/mol. The molecule has 0 fully saturated rings. The summed E-state index contributed by atoms with van der Waals surface area (Å²) < 4.78 is 21.3. The maximum Gasteiger partial charge on any atom is 0.258 e. The van der Waals surface area contributed by atoms with Gasteiger partial charge in [0.1, 0.15) is 17.3 Å². The van der Waals surface area contributed by atoms with Gasteiger partial charge in [0.2, 0.25) is 0 Å². The van der Waals surface area contributed by atoms with Crippen LogP contribution in [-0.2, 0) is 20.1 Å². The monoisotopic (exact) mass is 471 g/mol. The maximum atomic E-state index is 14.0. The number of benzene rings is 2. The fourth-order valence-corrected chi connectivity index (χ4v) is 4.52. The second kappa shape index (κ2) is 8.87. The number of hydrogen-bond acceptors (Lipinski definition) is 4. The van der Waals surface area contributed by atoms with Crippen molar-refractivity contribution in [1.29, 1.82) is 0 Å². The molecule has 2 aromatic carbocycles. The highest BCUT2D eigenvalue weighted by molar-refractivity contribution is 5.97. The zero-order chi connectivity index (χ0) is 24.7. The zero-order valence-electron chi connectivity index (χ0n) is 20.1. The first kappa shape index (κ1) is 22.6. The highest BCUT2D eigenvalue weighted by atomic mass is 19.1. The number of nitrogens with zero attached hydrogens (tertiary/aromatic N) is 4. The number of carbonyl (C=O) groups is 1. The van der Waals surface area contributed by atoms with Gasteiger partial charge in [-0.3, -0.25) is 9.48 Å². The molecule has 178 valence electrons. The summed E-state index contributed by atoms with van der Waals surface area (Å²) in [6.45, 7) is 6.11. The summed E-state index contributed by atoms with van der Waals surface area (Å²) in [6.07, 6.45) is 1.83. The summed E-state index contributed by atoms with van der Waals surface area (Å²) >= 11 is 0. The highest BCUT2D eigenvalue weighted by Gasteiger charge is 2.27. The second-order valence-electron chi connectivity index (χ2n) is 8.77. The number of hydrogen-bond donors (Lipinski definition) is 1. The minimum Gasteiger partial charge on any atom is -0.361 e. The van der Waals surface area contributed by atoms with Crippen molar-refractivity contribution >= 4 is 16.8 Å². The summed E-state index contributed by atoms with van der Waals surface area (Å²) in [4.78, 5) is 18.9. The fourth-order valence-electron chi connectivity index (χ4n) is 4.52. The van der Waals surface area contributed by atoms with E-state index in [0.29, 0.717) is 22.7 Å². The summed E-state index contributed by atoms with van der Waals surface area (Å²) in [6, 6.07) is 14.4. The molecule has 0 spiro atoms. The Morgan fingerprint density at radius 1 is 1.11 bits per heavy atom. The third-order valence-electron chi connectivity index (χ3n) is 6.48. The van der Waals surface area contributed by atoms with Crippen LogP contribution in [0.4, 0.5) is 4.39 Å². The minimum atomic E-state index is -0.323. The van der Waals surface area contributed by atoms with Crippen molar-refractivity contribution in [2.45, 2.75) is 33.9 Å². The van der Waals surface area contributed by atoms with E-state index in [9.17, 15) is 9.18 Å². The van der Waals surface area contributed by atoms with Gasteiger partial charge in [-0.2, -0.15) is 5.10 Å². The lowest BCUT2D eigenvalue weighted by Gasteiger charge is -2.23. The van der Waals surface area contributed by atoms with Crippen LogP contribution < -0.4 is 0 Å². The molecule has 0 aliphatic carbocycles. The summed E-state index contributed by atoms with van der Waals surface area (Å²) in [5.74, 6) is 0.168.